The molecule has 0 aliphatic rings. The monoisotopic (exact) mass is 469 g/mol. The van der Waals surface area contributed by atoms with E-state index in [1.165, 1.54) is 18.5 Å². The van der Waals surface area contributed by atoms with E-state index < -0.39 is 14.9 Å². The topological polar surface area (TPSA) is 111 Å². The number of rotatable bonds is 10. The second kappa shape index (κ2) is 10.6. The number of ether oxygens (including phenoxy) is 2. The summed E-state index contributed by atoms with van der Waals surface area (Å²) in [6, 6.07) is 18.3. The Kier molecular flexibility index (Phi) is 7.62. The van der Waals surface area contributed by atoms with E-state index in [0.717, 1.165) is 16.4 Å². The number of non-ortho nitro benzene ring substituents is 1. The quantitative estimate of drug-likeness (QED) is 0.180. The molecule has 0 bridgehead atoms. The molecule has 3 aromatic rings. The number of benzene rings is 3. The summed E-state index contributed by atoms with van der Waals surface area (Å²) >= 11 is 0. The van der Waals surface area contributed by atoms with Crippen molar-refractivity contribution in [2.24, 2.45) is 4.99 Å². The van der Waals surface area contributed by atoms with Crippen LogP contribution in [-0.2, 0) is 10.0 Å². The van der Waals surface area contributed by atoms with E-state index in [4.69, 9.17) is 9.47 Å². The molecule has 0 aliphatic heterocycles. The van der Waals surface area contributed by atoms with Crippen molar-refractivity contribution in [1.29, 1.82) is 0 Å². The molecule has 172 valence electrons. The number of sulfonamides is 1. The van der Waals surface area contributed by atoms with Gasteiger partial charge in [-0.3, -0.25) is 10.1 Å². The van der Waals surface area contributed by atoms with Crippen molar-refractivity contribution in [3.05, 3.63) is 82.9 Å². The van der Waals surface area contributed by atoms with Crippen molar-refractivity contribution in [3.63, 3.8) is 0 Å². The number of para-hydroxylation sites is 4. The zero-order valence-electron chi connectivity index (χ0n) is 18.1. The summed E-state index contributed by atoms with van der Waals surface area (Å²) in [7, 11) is -4.19. The van der Waals surface area contributed by atoms with Gasteiger partial charge in [-0.05, 0) is 50.2 Å². The van der Waals surface area contributed by atoms with Gasteiger partial charge >= 0.3 is 0 Å². The fourth-order valence-corrected chi connectivity index (χ4v) is 4.27. The van der Waals surface area contributed by atoms with Gasteiger partial charge < -0.3 is 9.47 Å². The van der Waals surface area contributed by atoms with E-state index in [0.29, 0.717) is 30.4 Å². The van der Waals surface area contributed by atoms with Crippen LogP contribution < -0.4 is 13.8 Å². The Morgan fingerprint density at radius 3 is 2.12 bits per heavy atom. The molecule has 0 atom stereocenters. The van der Waals surface area contributed by atoms with Gasteiger partial charge in [-0.25, -0.2) is 17.7 Å². The molecular formula is C23H23N3O6S. The number of nitrogens with zero attached hydrogens (tertiary/aromatic N) is 3. The van der Waals surface area contributed by atoms with Crippen LogP contribution in [0.3, 0.4) is 0 Å². The summed E-state index contributed by atoms with van der Waals surface area (Å²) in [6.07, 6.45) is 1.17. The Balaban J connectivity index is 2.13. The highest BCUT2D eigenvalue weighted by molar-refractivity contribution is 7.93. The molecule has 3 rings (SSSR count). The van der Waals surface area contributed by atoms with Crippen LogP contribution in [0.1, 0.15) is 13.8 Å². The highest BCUT2D eigenvalue weighted by atomic mass is 32.2. The van der Waals surface area contributed by atoms with E-state index in [9.17, 15) is 18.5 Å². The maximum Gasteiger partial charge on any atom is 0.269 e. The second-order valence-corrected chi connectivity index (χ2v) is 8.41. The Hall–Kier alpha value is -3.92. The van der Waals surface area contributed by atoms with Gasteiger partial charge in [0.15, 0.2) is 0 Å². The predicted molar refractivity (Wildman–Crippen MR) is 126 cm³/mol. The molecule has 0 N–H and O–H groups in total. The van der Waals surface area contributed by atoms with E-state index >= 15 is 0 Å². The Labute approximate surface area is 192 Å². The second-order valence-electron chi connectivity index (χ2n) is 6.60. The van der Waals surface area contributed by atoms with Crippen molar-refractivity contribution < 1.29 is 22.8 Å². The minimum atomic E-state index is -4.19. The molecule has 10 heteroatoms. The average Bonchev–Trinajstić information content (AvgIpc) is 2.81. The van der Waals surface area contributed by atoms with Gasteiger partial charge in [0.25, 0.3) is 15.7 Å². The first-order chi connectivity index (χ1) is 15.9. The van der Waals surface area contributed by atoms with Gasteiger partial charge in [0, 0.05) is 12.1 Å². The van der Waals surface area contributed by atoms with Crippen molar-refractivity contribution in [2.45, 2.75) is 18.7 Å². The first kappa shape index (κ1) is 23.7. The predicted octanol–water partition coefficient (Wildman–Crippen LogP) is 4.95. The third-order valence-electron chi connectivity index (χ3n) is 4.47. The van der Waals surface area contributed by atoms with Crippen molar-refractivity contribution in [3.8, 4) is 11.5 Å². The van der Waals surface area contributed by atoms with Gasteiger partial charge in [0.05, 0.1) is 23.0 Å². The summed E-state index contributed by atoms with van der Waals surface area (Å²) in [5.41, 5.74) is 0.474. The van der Waals surface area contributed by atoms with Gasteiger partial charge in [-0.1, -0.05) is 24.3 Å². The van der Waals surface area contributed by atoms with Crippen molar-refractivity contribution in [1.82, 2.24) is 0 Å². The molecule has 0 heterocycles. The zero-order valence-corrected chi connectivity index (χ0v) is 18.9. The standard InChI is InChI=1S/C23H23N3O6S/c1-3-31-22-11-7-5-9-20(22)24-17-25(21-10-6-8-12-23(21)32-4-2)33(29,30)19-15-13-18(14-16-19)26(27)28/h5-17H,3-4H2,1-2H3. The zero-order chi connectivity index (χ0) is 23.8. The van der Waals surface area contributed by atoms with Crippen LogP contribution in [0.2, 0.25) is 0 Å². The minimum Gasteiger partial charge on any atom is -0.492 e. The maximum absolute atomic E-state index is 13.6. The molecule has 33 heavy (non-hydrogen) atoms. The molecule has 3 aromatic carbocycles. The molecule has 0 aliphatic carbocycles. The van der Waals surface area contributed by atoms with Crippen LogP contribution in [0.15, 0.2) is 82.7 Å². The number of nitro groups is 1. The van der Waals surface area contributed by atoms with Crippen LogP contribution in [0.5, 0.6) is 11.5 Å². The van der Waals surface area contributed by atoms with E-state index in [1.807, 2.05) is 6.92 Å². The molecule has 0 saturated heterocycles. The molecule has 0 radical (unpaired) electrons. The van der Waals surface area contributed by atoms with Gasteiger partial charge in [-0.2, -0.15) is 0 Å². The highest BCUT2D eigenvalue weighted by Gasteiger charge is 2.27. The van der Waals surface area contributed by atoms with Gasteiger partial charge in [0.2, 0.25) is 0 Å². The number of aliphatic imine (C=N–C) groups is 1. The summed E-state index contributed by atoms with van der Waals surface area (Å²) in [5, 5.41) is 11.0. The number of anilines is 1. The van der Waals surface area contributed by atoms with Crippen molar-refractivity contribution >= 4 is 33.4 Å². The fraction of sp³-hybridized carbons (Fsp3) is 0.174. The smallest absolute Gasteiger partial charge is 0.269 e. The van der Waals surface area contributed by atoms with Crippen molar-refractivity contribution in [2.75, 3.05) is 17.5 Å². The molecule has 0 unspecified atom stereocenters. The maximum atomic E-state index is 13.6. The molecule has 0 aromatic heterocycles. The van der Waals surface area contributed by atoms with Crippen LogP contribution in [0.25, 0.3) is 0 Å². The van der Waals surface area contributed by atoms with Crippen LogP contribution in [0, 0.1) is 10.1 Å². The van der Waals surface area contributed by atoms with E-state index in [-0.39, 0.29) is 16.3 Å². The molecule has 0 fully saturated rings. The first-order valence-electron chi connectivity index (χ1n) is 10.1. The Morgan fingerprint density at radius 2 is 1.48 bits per heavy atom. The summed E-state index contributed by atoms with van der Waals surface area (Å²) in [4.78, 5) is 14.6. The lowest BCUT2D eigenvalue weighted by Crippen LogP contribution is -2.30. The number of nitro benzene ring substituents is 1. The normalized spacial score (nSPS) is 11.3. The largest absolute Gasteiger partial charge is 0.492 e. The minimum absolute atomic E-state index is 0.135. The lowest BCUT2D eigenvalue weighted by molar-refractivity contribution is -0.384. The van der Waals surface area contributed by atoms with Gasteiger partial charge in [0.1, 0.15) is 29.2 Å². The lowest BCUT2D eigenvalue weighted by atomic mass is 10.3. The molecule has 0 spiro atoms. The number of hydrogen-bond acceptors (Lipinski definition) is 7. The summed E-state index contributed by atoms with van der Waals surface area (Å²) < 4.78 is 39.4. The fourth-order valence-electron chi connectivity index (χ4n) is 2.98. The Bertz CT molecular complexity index is 1240. The van der Waals surface area contributed by atoms with Crippen LogP contribution in [0.4, 0.5) is 17.1 Å². The third-order valence-corrected chi connectivity index (χ3v) is 6.15. The van der Waals surface area contributed by atoms with Crippen LogP contribution >= 0.6 is 0 Å². The Morgan fingerprint density at radius 1 is 0.909 bits per heavy atom. The number of hydrogen-bond donors (Lipinski definition) is 0. The highest BCUT2D eigenvalue weighted by Crippen LogP contribution is 2.33. The SMILES string of the molecule is CCOc1ccccc1N=CN(c1ccccc1OCC)S(=O)(=O)c1ccc([N+](=O)[O-])cc1. The molecule has 0 amide bonds. The average molecular weight is 470 g/mol. The summed E-state index contributed by atoms with van der Waals surface area (Å²) in [6.45, 7) is 4.37. The first-order valence-corrected chi connectivity index (χ1v) is 11.6. The lowest BCUT2D eigenvalue weighted by Gasteiger charge is -2.22. The molecule has 9 nitrogen and oxygen atoms in total. The van der Waals surface area contributed by atoms with Crippen LogP contribution in [-0.4, -0.2) is 32.9 Å². The third kappa shape index (κ3) is 5.47. The van der Waals surface area contributed by atoms with E-state index in [1.54, 1.807) is 55.5 Å². The summed E-state index contributed by atoms with van der Waals surface area (Å²) in [5.74, 6) is 0.844. The van der Waals surface area contributed by atoms with Gasteiger partial charge in [-0.15, -0.1) is 0 Å². The molecule has 0 saturated carbocycles. The van der Waals surface area contributed by atoms with E-state index in [2.05, 4.69) is 4.99 Å². The molecular weight excluding hydrogens is 446 g/mol.